The van der Waals surface area contributed by atoms with Crippen molar-refractivity contribution in [3.8, 4) is 11.3 Å². The van der Waals surface area contributed by atoms with Gasteiger partial charge in [-0.25, -0.2) is 4.57 Å². The van der Waals surface area contributed by atoms with Crippen molar-refractivity contribution in [1.82, 2.24) is 0 Å². The molecule has 0 aliphatic heterocycles. The van der Waals surface area contributed by atoms with Crippen LogP contribution in [0.2, 0.25) is 0 Å². The van der Waals surface area contributed by atoms with Crippen LogP contribution in [-0.4, -0.2) is 0 Å². The van der Waals surface area contributed by atoms with E-state index in [2.05, 4.69) is 94.0 Å². The van der Waals surface area contributed by atoms with Gasteiger partial charge in [0.05, 0.1) is 10.9 Å². The molecule has 148 valence electrons. The van der Waals surface area contributed by atoms with Crippen LogP contribution >= 0.6 is 0 Å². The number of unbranched alkanes of at least 4 members (excludes halogenated alkanes) is 1. The van der Waals surface area contributed by atoms with Gasteiger partial charge in [0, 0.05) is 6.07 Å². The number of hydrogen-bond donors (Lipinski definition) is 0. The maximum atomic E-state index is 2.39. The number of aryl methyl sites for hydroxylation is 2. The molecule has 1 nitrogen and oxygen atoms in total. The second-order valence-corrected chi connectivity index (χ2v) is 8.19. The molecule has 3 rings (SSSR count). The van der Waals surface area contributed by atoms with Crippen molar-refractivity contribution in [1.29, 1.82) is 0 Å². The molecule has 0 amide bonds. The zero-order chi connectivity index (χ0) is 20.1. The molecule has 0 saturated carbocycles. The van der Waals surface area contributed by atoms with Crippen LogP contribution in [0.25, 0.3) is 22.0 Å². The smallest absolute Gasteiger partial charge is 0.200 e. The van der Waals surface area contributed by atoms with Crippen LogP contribution in [0.15, 0.2) is 54.7 Å². The van der Waals surface area contributed by atoms with E-state index in [0.29, 0.717) is 0 Å². The second kappa shape index (κ2) is 8.90. The highest BCUT2D eigenvalue weighted by molar-refractivity contribution is 5.94. The summed E-state index contributed by atoms with van der Waals surface area (Å²) in [5.74, 6) is 0. The van der Waals surface area contributed by atoms with Crippen molar-refractivity contribution in [2.45, 2.75) is 71.6 Å². The van der Waals surface area contributed by atoms with Crippen LogP contribution in [-0.2, 0) is 18.9 Å². The van der Waals surface area contributed by atoms with Crippen molar-refractivity contribution < 1.29 is 4.57 Å². The molecule has 0 aliphatic carbocycles. The fourth-order valence-corrected chi connectivity index (χ4v) is 4.77. The predicted octanol–water partition coefficient (Wildman–Crippen LogP) is 7.14. The Morgan fingerprint density at radius 1 is 0.857 bits per heavy atom. The van der Waals surface area contributed by atoms with Gasteiger partial charge in [-0.1, -0.05) is 64.4 Å². The van der Waals surface area contributed by atoms with E-state index in [-0.39, 0.29) is 5.41 Å². The van der Waals surface area contributed by atoms with Crippen molar-refractivity contribution in [2.75, 3.05) is 0 Å². The normalized spacial score (nSPS) is 11.9. The van der Waals surface area contributed by atoms with Gasteiger partial charge in [-0.3, -0.25) is 0 Å². The number of pyridine rings is 1. The molecule has 0 spiro atoms. The van der Waals surface area contributed by atoms with Gasteiger partial charge in [-0.05, 0) is 66.2 Å². The van der Waals surface area contributed by atoms with Crippen molar-refractivity contribution in [2.24, 2.45) is 7.05 Å². The van der Waals surface area contributed by atoms with Gasteiger partial charge in [0.15, 0.2) is 6.20 Å². The zero-order valence-corrected chi connectivity index (χ0v) is 18.4. The predicted molar refractivity (Wildman–Crippen MR) is 122 cm³/mol. The summed E-state index contributed by atoms with van der Waals surface area (Å²) in [6.07, 6.45) is 9.42. The van der Waals surface area contributed by atoms with Crippen LogP contribution in [0.5, 0.6) is 0 Å². The SMILES string of the molecule is CCCCc1ccc2c(-c3ccccc3C(CC)(CC)CC)[n+](C)ccc2c1. The summed E-state index contributed by atoms with van der Waals surface area (Å²) in [5, 5.41) is 2.71. The topological polar surface area (TPSA) is 3.88 Å². The van der Waals surface area contributed by atoms with Gasteiger partial charge in [-0.15, -0.1) is 0 Å². The first kappa shape index (κ1) is 20.6. The summed E-state index contributed by atoms with van der Waals surface area (Å²) >= 11 is 0. The molecule has 3 aromatic rings. The highest BCUT2D eigenvalue weighted by atomic mass is 14.9. The maximum absolute atomic E-state index is 2.39. The summed E-state index contributed by atoms with van der Waals surface area (Å²) in [6.45, 7) is 9.28. The lowest BCUT2D eigenvalue weighted by atomic mass is 9.71. The number of fused-ring (bicyclic) bond motifs is 1. The first-order valence-corrected chi connectivity index (χ1v) is 11.1. The van der Waals surface area contributed by atoms with E-state index in [9.17, 15) is 0 Å². The maximum Gasteiger partial charge on any atom is 0.220 e. The lowest BCUT2D eigenvalue weighted by Crippen LogP contribution is -2.32. The van der Waals surface area contributed by atoms with Crippen LogP contribution in [0, 0.1) is 0 Å². The average molecular weight is 375 g/mol. The monoisotopic (exact) mass is 374 g/mol. The van der Waals surface area contributed by atoms with E-state index >= 15 is 0 Å². The minimum absolute atomic E-state index is 0.243. The molecule has 1 heteroatoms. The lowest BCUT2D eigenvalue weighted by molar-refractivity contribution is -0.659. The van der Waals surface area contributed by atoms with E-state index in [4.69, 9.17) is 0 Å². The quantitative estimate of drug-likeness (QED) is 0.369. The summed E-state index contributed by atoms with van der Waals surface area (Å²) < 4.78 is 2.30. The Balaban J connectivity index is 2.23. The van der Waals surface area contributed by atoms with Gasteiger partial charge < -0.3 is 0 Å². The fourth-order valence-electron chi connectivity index (χ4n) is 4.77. The first-order chi connectivity index (χ1) is 13.6. The summed E-state index contributed by atoms with van der Waals surface area (Å²) in [5.41, 5.74) is 5.93. The molecule has 1 heterocycles. The molecule has 28 heavy (non-hydrogen) atoms. The van der Waals surface area contributed by atoms with Crippen LogP contribution in [0.3, 0.4) is 0 Å². The number of nitrogens with zero attached hydrogens (tertiary/aromatic N) is 1. The van der Waals surface area contributed by atoms with E-state index in [1.165, 1.54) is 71.7 Å². The average Bonchev–Trinajstić information content (AvgIpc) is 2.74. The van der Waals surface area contributed by atoms with Crippen molar-refractivity contribution in [3.05, 3.63) is 65.9 Å². The van der Waals surface area contributed by atoms with Crippen molar-refractivity contribution in [3.63, 3.8) is 0 Å². The Hall–Kier alpha value is -2.15. The molecule has 0 fully saturated rings. The Kier molecular flexibility index (Phi) is 6.54. The molecular formula is C27H36N+. The van der Waals surface area contributed by atoms with E-state index in [1.807, 2.05) is 0 Å². The van der Waals surface area contributed by atoms with Gasteiger partial charge in [0.25, 0.3) is 0 Å². The van der Waals surface area contributed by atoms with Gasteiger partial charge in [-0.2, -0.15) is 0 Å². The second-order valence-electron chi connectivity index (χ2n) is 8.19. The molecule has 0 aliphatic rings. The lowest BCUT2D eigenvalue weighted by Gasteiger charge is -2.32. The molecule has 1 aromatic heterocycles. The Morgan fingerprint density at radius 2 is 1.57 bits per heavy atom. The van der Waals surface area contributed by atoms with Gasteiger partial charge >= 0.3 is 0 Å². The van der Waals surface area contributed by atoms with E-state index in [1.54, 1.807) is 0 Å². The van der Waals surface area contributed by atoms with Gasteiger partial charge in [0.1, 0.15) is 7.05 Å². The molecule has 0 atom stereocenters. The first-order valence-electron chi connectivity index (χ1n) is 11.1. The van der Waals surface area contributed by atoms with Crippen molar-refractivity contribution >= 4 is 10.8 Å². The number of rotatable bonds is 8. The third kappa shape index (κ3) is 3.72. The molecule has 0 N–H and O–H groups in total. The molecular weight excluding hydrogens is 338 g/mol. The number of benzene rings is 2. The Morgan fingerprint density at radius 3 is 2.25 bits per heavy atom. The summed E-state index contributed by atoms with van der Waals surface area (Å²) in [7, 11) is 2.18. The summed E-state index contributed by atoms with van der Waals surface area (Å²) in [6, 6.07) is 18.4. The largest absolute Gasteiger partial charge is 0.220 e. The van der Waals surface area contributed by atoms with Crippen LogP contribution < -0.4 is 4.57 Å². The number of aromatic nitrogens is 1. The number of hydrogen-bond acceptors (Lipinski definition) is 0. The molecule has 0 saturated heterocycles. The highest BCUT2D eigenvalue weighted by Gasteiger charge is 2.31. The zero-order valence-electron chi connectivity index (χ0n) is 18.4. The standard InChI is InChI=1S/C27H36N/c1-6-10-13-21-16-17-23-22(20-21)18-19-28(5)26(23)24-14-11-12-15-25(24)27(7-2,8-3)9-4/h11-12,14-20H,6-10,13H2,1-5H3/q+1. The van der Waals surface area contributed by atoms with Crippen LogP contribution in [0.4, 0.5) is 0 Å². The molecule has 0 radical (unpaired) electrons. The summed E-state index contributed by atoms with van der Waals surface area (Å²) in [4.78, 5) is 0. The third-order valence-electron chi connectivity index (χ3n) is 6.80. The highest BCUT2D eigenvalue weighted by Crippen LogP contribution is 2.41. The van der Waals surface area contributed by atoms with Gasteiger partial charge in [0.2, 0.25) is 5.69 Å². The third-order valence-corrected chi connectivity index (χ3v) is 6.80. The van der Waals surface area contributed by atoms with E-state index in [0.717, 1.165) is 0 Å². The Labute approximate surface area is 171 Å². The van der Waals surface area contributed by atoms with Crippen LogP contribution in [0.1, 0.15) is 70.9 Å². The minimum Gasteiger partial charge on any atom is -0.200 e. The fraction of sp³-hybridized carbons (Fsp3) is 0.444. The molecule has 2 aromatic carbocycles. The minimum atomic E-state index is 0.243. The Bertz CT molecular complexity index is 926. The van der Waals surface area contributed by atoms with E-state index < -0.39 is 0 Å². The molecule has 0 unspecified atom stereocenters. The molecule has 0 bridgehead atoms.